The summed E-state index contributed by atoms with van der Waals surface area (Å²) in [7, 11) is -3.66. The van der Waals surface area contributed by atoms with E-state index >= 15 is 0 Å². The van der Waals surface area contributed by atoms with Crippen molar-refractivity contribution in [3.63, 3.8) is 0 Å². The lowest BCUT2D eigenvalue weighted by Gasteiger charge is -2.08. The first-order valence-corrected chi connectivity index (χ1v) is 9.23. The van der Waals surface area contributed by atoms with Gasteiger partial charge in [0.05, 0.1) is 16.2 Å². The smallest absolute Gasteiger partial charge is 0.225 e. The molecule has 0 aliphatic carbocycles. The van der Waals surface area contributed by atoms with Gasteiger partial charge in [0.25, 0.3) is 0 Å². The van der Waals surface area contributed by atoms with E-state index in [0.29, 0.717) is 11.2 Å². The molecule has 0 saturated carbocycles. The van der Waals surface area contributed by atoms with Crippen LogP contribution < -0.4 is 5.32 Å². The number of rotatable bonds is 5. The summed E-state index contributed by atoms with van der Waals surface area (Å²) in [6.45, 7) is 0. The van der Waals surface area contributed by atoms with Crippen LogP contribution in [0.4, 0.5) is 10.1 Å². The number of carbonyl (C=O) groups is 1. The van der Waals surface area contributed by atoms with Gasteiger partial charge in [-0.05, 0) is 36.4 Å². The van der Waals surface area contributed by atoms with E-state index in [9.17, 15) is 17.6 Å². The first-order valence-electron chi connectivity index (χ1n) is 7.58. The predicted octanol–water partition coefficient (Wildman–Crippen LogP) is 3.18. The lowest BCUT2D eigenvalue weighted by molar-refractivity contribution is -0.115. The summed E-state index contributed by atoms with van der Waals surface area (Å²) in [6, 6.07) is 13.7. The van der Waals surface area contributed by atoms with Gasteiger partial charge < -0.3 is 5.32 Å². The van der Waals surface area contributed by atoms with Gasteiger partial charge >= 0.3 is 0 Å². The van der Waals surface area contributed by atoms with Crippen LogP contribution in [-0.4, -0.2) is 25.1 Å². The molecule has 0 unspecified atom stereocenters. The van der Waals surface area contributed by atoms with Crippen LogP contribution in [0.15, 0.2) is 65.7 Å². The Bertz CT molecular complexity index is 1010. The van der Waals surface area contributed by atoms with Gasteiger partial charge in [0.15, 0.2) is 9.84 Å². The maximum Gasteiger partial charge on any atom is 0.225 e. The van der Waals surface area contributed by atoms with Crippen molar-refractivity contribution in [3.8, 4) is 0 Å². The number of nitrogens with zero attached hydrogens (tertiary/aromatic N) is 1. The first-order chi connectivity index (χ1) is 12.0. The standard InChI is InChI=1S/C18H15FN2O3S/c19-14-6-8-15(9-7-14)21-17(22)10-12-25(23,24)16-5-1-3-13-4-2-11-20-18(13)16/h1-9,11H,10,12H2,(H,21,22). The molecule has 3 rings (SSSR count). The lowest BCUT2D eigenvalue weighted by atomic mass is 10.2. The molecule has 0 aliphatic rings. The molecule has 0 bridgehead atoms. The molecule has 0 aliphatic heterocycles. The molecule has 1 N–H and O–H groups in total. The second kappa shape index (κ2) is 6.98. The Labute approximate surface area is 144 Å². The average Bonchev–Trinajstić information content (AvgIpc) is 2.61. The molecule has 0 atom stereocenters. The molecule has 7 heteroatoms. The second-order valence-electron chi connectivity index (χ2n) is 5.46. The number of hydrogen-bond acceptors (Lipinski definition) is 4. The summed E-state index contributed by atoms with van der Waals surface area (Å²) < 4.78 is 38.0. The zero-order chi connectivity index (χ0) is 17.9. The Morgan fingerprint density at radius 1 is 1.04 bits per heavy atom. The molecule has 2 aromatic carbocycles. The maximum atomic E-state index is 12.8. The van der Waals surface area contributed by atoms with Gasteiger partial charge in [0, 0.05) is 23.7 Å². The van der Waals surface area contributed by atoms with Gasteiger partial charge in [-0.2, -0.15) is 0 Å². The van der Waals surface area contributed by atoms with E-state index in [0.717, 1.165) is 5.39 Å². The Morgan fingerprint density at radius 2 is 1.76 bits per heavy atom. The van der Waals surface area contributed by atoms with Crippen LogP contribution in [0.3, 0.4) is 0 Å². The van der Waals surface area contributed by atoms with Crippen molar-refractivity contribution in [2.24, 2.45) is 0 Å². The number of carbonyl (C=O) groups excluding carboxylic acids is 1. The highest BCUT2D eigenvalue weighted by Gasteiger charge is 2.19. The normalized spacial score (nSPS) is 11.4. The second-order valence-corrected chi connectivity index (χ2v) is 7.53. The van der Waals surface area contributed by atoms with E-state index in [-0.39, 0.29) is 17.1 Å². The van der Waals surface area contributed by atoms with Gasteiger partial charge in [0.2, 0.25) is 5.91 Å². The lowest BCUT2D eigenvalue weighted by Crippen LogP contribution is -2.17. The summed E-state index contributed by atoms with van der Waals surface area (Å²) in [6.07, 6.45) is 1.32. The minimum atomic E-state index is -3.66. The molecule has 0 fully saturated rings. The third kappa shape index (κ3) is 4.00. The summed E-state index contributed by atoms with van der Waals surface area (Å²) in [5.74, 6) is -1.21. The monoisotopic (exact) mass is 358 g/mol. The van der Waals surface area contributed by atoms with Crippen LogP contribution in [0.5, 0.6) is 0 Å². The Hall–Kier alpha value is -2.80. The van der Waals surface area contributed by atoms with Crippen LogP contribution in [-0.2, 0) is 14.6 Å². The van der Waals surface area contributed by atoms with Crippen LogP contribution in [0.25, 0.3) is 10.9 Å². The minimum Gasteiger partial charge on any atom is -0.326 e. The van der Waals surface area contributed by atoms with Crippen molar-refractivity contribution < 1.29 is 17.6 Å². The van der Waals surface area contributed by atoms with Crippen molar-refractivity contribution in [3.05, 3.63) is 66.6 Å². The summed E-state index contributed by atoms with van der Waals surface area (Å²) >= 11 is 0. The first kappa shape index (κ1) is 17.0. The highest BCUT2D eigenvalue weighted by molar-refractivity contribution is 7.91. The highest BCUT2D eigenvalue weighted by atomic mass is 32.2. The molecular formula is C18H15FN2O3S. The average molecular weight is 358 g/mol. The van der Waals surface area contributed by atoms with Gasteiger partial charge in [-0.3, -0.25) is 9.78 Å². The summed E-state index contributed by atoms with van der Waals surface area (Å²) in [5, 5.41) is 3.27. The maximum absolute atomic E-state index is 12.8. The van der Waals surface area contributed by atoms with Gasteiger partial charge in [-0.25, -0.2) is 12.8 Å². The van der Waals surface area contributed by atoms with Crippen molar-refractivity contribution in [2.45, 2.75) is 11.3 Å². The SMILES string of the molecule is O=C(CCS(=O)(=O)c1cccc2cccnc12)Nc1ccc(F)cc1. The molecule has 1 aromatic heterocycles. The topological polar surface area (TPSA) is 76.1 Å². The Balaban J connectivity index is 1.73. The minimum absolute atomic E-state index is 0.111. The quantitative estimate of drug-likeness (QED) is 0.760. The zero-order valence-corrected chi connectivity index (χ0v) is 14.0. The van der Waals surface area contributed by atoms with E-state index in [1.807, 2.05) is 0 Å². The number of hydrogen-bond donors (Lipinski definition) is 1. The fourth-order valence-electron chi connectivity index (χ4n) is 2.42. The van der Waals surface area contributed by atoms with E-state index in [1.165, 1.54) is 36.5 Å². The van der Waals surface area contributed by atoms with Crippen molar-refractivity contribution in [1.82, 2.24) is 4.98 Å². The third-order valence-corrected chi connectivity index (χ3v) is 5.40. The largest absolute Gasteiger partial charge is 0.326 e. The zero-order valence-electron chi connectivity index (χ0n) is 13.1. The number of anilines is 1. The number of halogens is 1. The molecule has 0 saturated heterocycles. The molecule has 1 amide bonds. The van der Waals surface area contributed by atoms with Gasteiger partial charge in [-0.15, -0.1) is 0 Å². The number of amides is 1. The van der Waals surface area contributed by atoms with Gasteiger partial charge in [0.1, 0.15) is 5.82 Å². The number of nitrogens with one attached hydrogen (secondary N) is 1. The van der Waals surface area contributed by atoms with E-state index in [1.54, 1.807) is 24.3 Å². The summed E-state index contributed by atoms with van der Waals surface area (Å²) in [5.41, 5.74) is 0.805. The van der Waals surface area contributed by atoms with Crippen LogP contribution in [0, 0.1) is 5.82 Å². The fourth-order valence-corrected chi connectivity index (χ4v) is 3.85. The number of aromatic nitrogens is 1. The van der Waals surface area contributed by atoms with Crippen LogP contribution in [0.1, 0.15) is 6.42 Å². The van der Waals surface area contributed by atoms with Crippen LogP contribution in [0.2, 0.25) is 0 Å². The molecule has 5 nitrogen and oxygen atoms in total. The fraction of sp³-hybridized carbons (Fsp3) is 0.111. The van der Waals surface area contributed by atoms with E-state index < -0.39 is 21.6 Å². The number of pyridine rings is 1. The Kier molecular flexibility index (Phi) is 4.76. The summed E-state index contributed by atoms with van der Waals surface area (Å²) in [4.78, 5) is 16.2. The molecule has 1 heterocycles. The molecular weight excluding hydrogens is 343 g/mol. The van der Waals surface area contributed by atoms with E-state index in [2.05, 4.69) is 10.3 Å². The molecule has 3 aromatic rings. The Morgan fingerprint density at radius 3 is 2.52 bits per heavy atom. The van der Waals surface area contributed by atoms with Crippen molar-refractivity contribution >= 4 is 32.3 Å². The molecule has 128 valence electrons. The third-order valence-electron chi connectivity index (χ3n) is 3.66. The number of benzene rings is 2. The van der Waals surface area contributed by atoms with Crippen LogP contribution >= 0.6 is 0 Å². The number of para-hydroxylation sites is 1. The number of sulfone groups is 1. The highest BCUT2D eigenvalue weighted by Crippen LogP contribution is 2.22. The van der Waals surface area contributed by atoms with Crippen molar-refractivity contribution in [1.29, 1.82) is 0 Å². The molecule has 25 heavy (non-hydrogen) atoms. The number of fused-ring (bicyclic) bond motifs is 1. The van der Waals surface area contributed by atoms with E-state index in [4.69, 9.17) is 0 Å². The van der Waals surface area contributed by atoms with Crippen molar-refractivity contribution in [2.75, 3.05) is 11.1 Å². The molecule has 0 spiro atoms. The molecule has 0 radical (unpaired) electrons. The predicted molar refractivity (Wildman–Crippen MR) is 93.4 cm³/mol. The van der Waals surface area contributed by atoms with Gasteiger partial charge in [-0.1, -0.05) is 18.2 Å².